The number of amides is 2. The van der Waals surface area contributed by atoms with E-state index in [1.54, 1.807) is 36.4 Å². The number of Topliss-reactive ketones (excluding diaryl/α,β-unsaturated/α-hetero) is 1. The Morgan fingerprint density at radius 2 is 1.58 bits per heavy atom. The maximum Gasteiger partial charge on any atom is 0.251 e. The van der Waals surface area contributed by atoms with Gasteiger partial charge in [0.2, 0.25) is 5.91 Å². The van der Waals surface area contributed by atoms with Crippen molar-refractivity contribution in [2.75, 3.05) is 17.2 Å². The van der Waals surface area contributed by atoms with Gasteiger partial charge in [-0.1, -0.05) is 65.7 Å². The lowest BCUT2D eigenvalue weighted by molar-refractivity contribution is -0.137. The molecule has 0 aliphatic carbocycles. The summed E-state index contributed by atoms with van der Waals surface area (Å²) < 4.78 is 0. The van der Waals surface area contributed by atoms with Crippen LogP contribution < -0.4 is 10.6 Å². The van der Waals surface area contributed by atoms with Crippen LogP contribution in [0.5, 0.6) is 0 Å². The maximum atomic E-state index is 14.5. The van der Waals surface area contributed by atoms with Crippen molar-refractivity contribution < 1.29 is 14.4 Å². The van der Waals surface area contributed by atoms with Crippen LogP contribution in [0.3, 0.4) is 0 Å². The van der Waals surface area contributed by atoms with Crippen LogP contribution in [-0.2, 0) is 20.5 Å². The van der Waals surface area contributed by atoms with E-state index in [4.69, 9.17) is 23.2 Å². The molecule has 2 saturated heterocycles. The zero-order valence-electron chi connectivity index (χ0n) is 19.1. The number of hydrogen-bond acceptors (Lipinski definition) is 4. The van der Waals surface area contributed by atoms with Gasteiger partial charge in [-0.2, -0.15) is 0 Å². The van der Waals surface area contributed by atoms with E-state index in [0.29, 0.717) is 51.1 Å². The number of hydrogen-bond donors (Lipinski definition) is 2. The highest BCUT2D eigenvalue weighted by atomic mass is 35.5. The Morgan fingerprint density at radius 3 is 2.42 bits per heavy atom. The van der Waals surface area contributed by atoms with Crippen LogP contribution in [0.25, 0.3) is 0 Å². The van der Waals surface area contributed by atoms with Gasteiger partial charge >= 0.3 is 0 Å². The first kappa shape index (κ1) is 22.0. The molecule has 4 aliphatic heterocycles. The van der Waals surface area contributed by atoms with Crippen LogP contribution in [0.15, 0.2) is 66.7 Å². The van der Waals surface area contributed by atoms with Crippen LogP contribution in [0.4, 0.5) is 11.4 Å². The number of benzene rings is 3. The SMILES string of the molecule is O=C(c1ccccc1Cl)C1C2CCCN2C2(C(=O)Nc3c(Cl)cccc32)C12C(=O)Nc1ccccc12. The zero-order valence-corrected chi connectivity index (χ0v) is 20.6. The summed E-state index contributed by atoms with van der Waals surface area (Å²) in [6, 6.07) is 19.3. The Hall–Kier alpha value is -3.19. The van der Waals surface area contributed by atoms with Crippen molar-refractivity contribution in [1.29, 1.82) is 0 Å². The van der Waals surface area contributed by atoms with Crippen molar-refractivity contribution in [3.63, 3.8) is 0 Å². The minimum absolute atomic E-state index is 0.232. The van der Waals surface area contributed by atoms with Crippen LogP contribution in [0.1, 0.15) is 34.3 Å². The van der Waals surface area contributed by atoms with E-state index in [1.807, 2.05) is 30.3 Å². The summed E-state index contributed by atoms with van der Waals surface area (Å²) in [5.41, 5.74) is -0.196. The summed E-state index contributed by atoms with van der Waals surface area (Å²) in [6.07, 6.45) is 1.49. The lowest BCUT2D eigenvalue weighted by Crippen LogP contribution is -2.62. The quantitative estimate of drug-likeness (QED) is 0.468. The molecule has 4 atom stereocenters. The molecule has 3 aromatic rings. The molecular weight excluding hydrogens is 497 g/mol. The van der Waals surface area contributed by atoms with Gasteiger partial charge in [0, 0.05) is 22.9 Å². The number of fused-ring (bicyclic) bond motifs is 7. The number of rotatable bonds is 2. The standard InChI is InChI=1S/C28H21Cl2N3O3/c29-18-10-3-1-7-15(18)24(34)22-21-13-6-14-33(21)28(17-9-5-11-19(30)23(17)32-26(28)36)27(22)16-8-2-4-12-20(16)31-25(27)35/h1-5,7-12,21-22H,6,13-14H2,(H,31,35)(H,32,36). The third kappa shape index (κ3) is 2.36. The summed E-state index contributed by atoms with van der Waals surface area (Å²) in [4.78, 5) is 45.3. The van der Waals surface area contributed by atoms with Gasteiger partial charge in [-0.25, -0.2) is 0 Å². The molecule has 0 aromatic heterocycles. The molecule has 7 rings (SSSR count). The zero-order chi connectivity index (χ0) is 24.8. The smallest absolute Gasteiger partial charge is 0.251 e. The normalized spacial score (nSPS) is 29.8. The lowest BCUT2D eigenvalue weighted by Gasteiger charge is -2.43. The van der Waals surface area contributed by atoms with E-state index in [0.717, 1.165) is 6.42 Å². The topological polar surface area (TPSA) is 78.5 Å². The summed E-state index contributed by atoms with van der Waals surface area (Å²) in [5, 5.41) is 6.75. The Bertz CT molecular complexity index is 1510. The van der Waals surface area contributed by atoms with Crippen molar-refractivity contribution in [3.8, 4) is 0 Å². The van der Waals surface area contributed by atoms with Crippen molar-refractivity contribution in [2.24, 2.45) is 5.92 Å². The Balaban J connectivity index is 1.61. The molecule has 2 spiro atoms. The van der Waals surface area contributed by atoms with Gasteiger partial charge in [0.15, 0.2) is 5.78 Å². The second-order valence-corrected chi connectivity index (χ2v) is 10.7. The first-order chi connectivity index (χ1) is 17.4. The average molecular weight is 518 g/mol. The van der Waals surface area contributed by atoms with Crippen molar-refractivity contribution in [3.05, 3.63) is 93.5 Å². The molecule has 0 radical (unpaired) electrons. The summed E-state index contributed by atoms with van der Waals surface area (Å²) in [5.74, 6) is -1.76. The number of ketones is 1. The predicted octanol–water partition coefficient (Wildman–Crippen LogP) is 5.01. The first-order valence-corrected chi connectivity index (χ1v) is 12.8. The van der Waals surface area contributed by atoms with Crippen molar-refractivity contribution >= 4 is 52.2 Å². The minimum Gasteiger partial charge on any atom is -0.325 e. The van der Waals surface area contributed by atoms with E-state index >= 15 is 0 Å². The fourth-order valence-corrected chi connectivity index (χ4v) is 7.85. The fraction of sp³-hybridized carbons (Fsp3) is 0.250. The number of carbonyl (C=O) groups excluding carboxylic acids is 3. The largest absolute Gasteiger partial charge is 0.325 e. The third-order valence-electron chi connectivity index (χ3n) is 8.50. The van der Waals surface area contributed by atoms with Crippen LogP contribution in [0, 0.1) is 5.92 Å². The molecule has 6 nitrogen and oxygen atoms in total. The summed E-state index contributed by atoms with van der Waals surface area (Å²) >= 11 is 13.1. The molecular formula is C28H21Cl2N3O3. The van der Waals surface area contributed by atoms with Gasteiger partial charge in [-0.3, -0.25) is 19.3 Å². The molecule has 2 N–H and O–H groups in total. The molecule has 180 valence electrons. The molecule has 4 heterocycles. The van der Waals surface area contributed by atoms with Gasteiger partial charge in [0.05, 0.1) is 21.7 Å². The number of para-hydroxylation sites is 2. The van der Waals surface area contributed by atoms with Crippen LogP contribution >= 0.6 is 23.2 Å². The van der Waals surface area contributed by atoms with E-state index in [-0.39, 0.29) is 23.6 Å². The lowest BCUT2D eigenvalue weighted by atomic mass is 9.57. The van der Waals surface area contributed by atoms with Gasteiger partial charge in [-0.15, -0.1) is 0 Å². The van der Waals surface area contributed by atoms with Crippen molar-refractivity contribution in [2.45, 2.75) is 29.8 Å². The third-order valence-corrected chi connectivity index (χ3v) is 9.15. The minimum atomic E-state index is -1.51. The number of nitrogens with zero attached hydrogens (tertiary/aromatic N) is 1. The summed E-state index contributed by atoms with van der Waals surface area (Å²) in [7, 11) is 0. The van der Waals surface area contributed by atoms with E-state index in [2.05, 4.69) is 15.5 Å². The Labute approximate surface area is 217 Å². The molecule has 36 heavy (non-hydrogen) atoms. The second kappa shape index (κ2) is 7.42. The number of carbonyl (C=O) groups is 3. The van der Waals surface area contributed by atoms with E-state index < -0.39 is 16.9 Å². The van der Waals surface area contributed by atoms with E-state index in [9.17, 15) is 14.4 Å². The second-order valence-electron chi connectivity index (χ2n) is 9.86. The Kier molecular flexibility index (Phi) is 4.54. The summed E-state index contributed by atoms with van der Waals surface area (Å²) in [6.45, 7) is 0.577. The molecule has 0 saturated carbocycles. The van der Waals surface area contributed by atoms with Gasteiger partial charge in [0.1, 0.15) is 11.0 Å². The highest BCUT2D eigenvalue weighted by Crippen LogP contribution is 2.68. The van der Waals surface area contributed by atoms with E-state index in [1.165, 1.54) is 0 Å². The molecule has 2 fully saturated rings. The highest BCUT2D eigenvalue weighted by Gasteiger charge is 2.81. The van der Waals surface area contributed by atoms with Gasteiger partial charge in [-0.05, 0) is 49.2 Å². The number of halogens is 2. The molecule has 4 unspecified atom stereocenters. The predicted molar refractivity (Wildman–Crippen MR) is 138 cm³/mol. The average Bonchev–Trinajstić information content (AvgIpc) is 3.59. The van der Waals surface area contributed by atoms with Gasteiger partial charge in [0.25, 0.3) is 5.91 Å². The maximum absolute atomic E-state index is 14.5. The van der Waals surface area contributed by atoms with Crippen LogP contribution in [0.2, 0.25) is 10.0 Å². The molecule has 8 heteroatoms. The monoisotopic (exact) mass is 517 g/mol. The molecule has 3 aromatic carbocycles. The Morgan fingerprint density at radius 1 is 0.861 bits per heavy atom. The number of nitrogens with one attached hydrogen (secondary N) is 2. The highest BCUT2D eigenvalue weighted by molar-refractivity contribution is 6.36. The van der Waals surface area contributed by atoms with Crippen LogP contribution in [-0.4, -0.2) is 35.1 Å². The molecule has 4 aliphatic rings. The first-order valence-electron chi connectivity index (χ1n) is 12.0. The van der Waals surface area contributed by atoms with Crippen molar-refractivity contribution in [1.82, 2.24) is 4.90 Å². The van der Waals surface area contributed by atoms with Gasteiger partial charge < -0.3 is 10.6 Å². The molecule has 2 amide bonds. The molecule has 0 bridgehead atoms. The fourth-order valence-electron chi connectivity index (χ4n) is 7.40. The number of anilines is 2.